The maximum Gasteiger partial charge on any atom is 0.382 e. The third kappa shape index (κ3) is 0.834. The summed E-state index contributed by atoms with van der Waals surface area (Å²) in [5.41, 5.74) is 0.760. The van der Waals surface area contributed by atoms with Crippen LogP contribution in [0.1, 0.15) is 18.8 Å². The molecular weight excluding hydrogens is 184 g/mol. The van der Waals surface area contributed by atoms with Crippen molar-refractivity contribution in [3.8, 4) is 5.75 Å². The number of fused-ring (bicyclic) bond motifs is 4. The van der Waals surface area contributed by atoms with Crippen LogP contribution in [0.15, 0.2) is 24.3 Å². The molecule has 0 saturated carbocycles. The molecule has 4 heteroatoms. The van der Waals surface area contributed by atoms with Gasteiger partial charge in [-0.15, -0.1) is 0 Å². The van der Waals surface area contributed by atoms with E-state index in [2.05, 4.69) is 0 Å². The van der Waals surface area contributed by atoms with Crippen LogP contribution in [0, 0.1) is 0 Å². The zero-order valence-corrected chi connectivity index (χ0v) is 7.52. The molecule has 0 spiro atoms. The van der Waals surface area contributed by atoms with Crippen LogP contribution in [0.5, 0.6) is 5.75 Å². The summed E-state index contributed by atoms with van der Waals surface area (Å²) in [6.07, 6.45) is -0.613. The minimum Gasteiger partial charge on any atom is -0.451 e. The highest BCUT2D eigenvalue weighted by molar-refractivity contribution is 5.80. The van der Waals surface area contributed by atoms with Crippen LogP contribution in [-0.4, -0.2) is 11.8 Å². The van der Waals surface area contributed by atoms with Crippen LogP contribution in [0.3, 0.4) is 0 Å². The number of para-hydroxylation sites is 1. The summed E-state index contributed by atoms with van der Waals surface area (Å²) >= 11 is 0. The van der Waals surface area contributed by atoms with Gasteiger partial charge in [0.15, 0.2) is 0 Å². The zero-order valence-electron chi connectivity index (χ0n) is 7.52. The normalized spacial score (nSPS) is 33.2. The van der Waals surface area contributed by atoms with Gasteiger partial charge in [-0.2, -0.15) is 0 Å². The Morgan fingerprint density at radius 2 is 2.14 bits per heavy atom. The highest BCUT2D eigenvalue weighted by Gasteiger charge is 2.54. The second kappa shape index (κ2) is 2.27. The first-order valence-corrected chi connectivity index (χ1v) is 4.36. The Labute approximate surface area is 80.4 Å². The third-order valence-corrected chi connectivity index (χ3v) is 2.39. The lowest BCUT2D eigenvalue weighted by Gasteiger charge is -2.27. The van der Waals surface area contributed by atoms with Gasteiger partial charge in [0, 0.05) is 6.92 Å². The molecule has 3 rings (SSSR count). The van der Waals surface area contributed by atoms with E-state index in [-0.39, 0.29) is 0 Å². The zero-order chi connectivity index (χ0) is 9.76. The van der Waals surface area contributed by atoms with Crippen LogP contribution in [0.2, 0.25) is 0 Å². The van der Waals surface area contributed by atoms with E-state index < -0.39 is 18.0 Å². The first kappa shape index (κ1) is 7.82. The Bertz CT molecular complexity index is 414. The van der Waals surface area contributed by atoms with Crippen molar-refractivity contribution in [1.29, 1.82) is 0 Å². The molecule has 0 aliphatic carbocycles. The summed E-state index contributed by atoms with van der Waals surface area (Å²) in [6, 6.07) is 7.31. The number of carbonyl (C=O) groups excluding carboxylic acids is 1. The maximum atomic E-state index is 11.4. The van der Waals surface area contributed by atoms with E-state index in [4.69, 9.17) is 14.2 Å². The Kier molecular flexibility index (Phi) is 1.27. The van der Waals surface area contributed by atoms with Crippen molar-refractivity contribution in [1.82, 2.24) is 0 Å². The SMILES string of the molecule is C[C@@]12Oc3ccccc3[C@@H](OC1=O)O2. The third-order valence-electron chi connectivity index (χ3n) is 2.39. The molecule has 2 atom stereocenters. The molecule has 1 aromatic rings. The molecule has 1 fully saturated rings. The monoisotopic (exact) mass is 192 g/mol. The predicted octanol–water partition coefficient (Wildman–Crippen LogP) is 1.37. The molecule has 2 aliphatic rings. The molecule has 4 nitrogen and oxygen atoms in total. The molecular formula is C10H8O4. The fraction of sp³-hybridized carbons (Fsp3) is 0.300. The first-order valence-electron chi connectivity index (χ1n) is 4.36. The van der Waals surface area contributed by atoms with Crippen molar-refractivity contribution < 1.29 is 19.0 Å². The van der Waals surface area contributed by atoms with Gasteiger partial charge in [0.25, 0.3) is 0 Å². The molecule has 14 heavy (non-hydrogen) atoms. The molecule has 0 unspecified atom stereocenters. The highest BCUT2D eigenvalue weighted by atomic mass is 16.8. The van der Waals surface area contributed by atoms with Gasteiger partial charge in [0.2, 0.25) is 6.29 Å². The van der Waals surface area contributed by atoms with Crippen LogP contribution >= 0.6 is 0 Å². The van der Waals surface area contributed by atoms with Crippen molar-refractivity contribution in [3.63, 3.8) is 0 Å². The average Bonchev–Trinajstić information content (AvgIpc) is 2.39. The number of hydrogen-bond acceptors (Lipinski definition) is 4. The largest absolute Gasteiger partial charge is 0.451 e. The molecule has 0 aromatic heterocycles. The smallest absolute Gasteiger partial charge is 0.382 e. The molecule has 0 amide bonds. The van der Waals surface area contributed by atoms with E-state index >= 15 is 0 Å². The fourth-order valence-electron chi connectivity index (χ4n) is 1.65. The Balaban J connectivity index is 2.16. The van der Waals surface area contributed by atoms with Gasteiger partial charge >= 0.3 is 11.8 Å². The van der Waals surface area contributed by atoms with Crippen molar-refractivity contribution >= 4 is 5.97 Å². The van der Waals surface area contributed by atoms with E-state index in [1.165, 1.54) is 0 Å². The summed E-state index contributed by atoms with van der Waals surface area (Å²) < 4.78 is 15.8. The molecule has 72 valence electrons. The van der Waals surface area contributed by atoms with Gasteiger partial charge in [-0.3, -0.25) is 4.74 Å². The van der Waals surface area contributed by atoms with Crippen LogP contribution < -0.4 is 4.74 Å². The van der Waals surface area contributed by atoms with E-state index in [1.807, 2.05) is 18.2 Å². The summed E-state index contributed by atoms with van der Waals surface area (Å²) in [5.74, 6) is -1.09. The van der Waals surface area contributed by atoms with Crippen LogP contribution in [0.25, 0.3) is 0 Å². The molecule has 2 aliphatic heterocycles. The van der Waals surface area contributed by atoms with E-state index in [9.17, 15) is 4.79 Å². The lowest BCUT2D eigenvalue weighted by molar-refractivity contribution is -0.189. The Morgan fingerprint density at radius 1 is 1.36 bits per heavy atom. The number of hydrogen-bond donors (Lipinski definition) is 0. The van der Waals surface area contributed by atoms with Gasteiger partial charge < -0.3 is 9.47 Å². The van der Waals surface area contributed by atoms with Gasteiger partial charge in [0.1, 0.15) is 5.75 Å². The molecule has 2 bridgehead atoms. The van der Waals surface area contributed by atoms with Crippen molar-refractivity contribution in [3.05, 3.63) is 29.8 Å². The summed E-state index contributed by atoms with van der Waals surface area (Å²) in [4.78, 5) is 11.4. The summed E-state index contributed by atoms with van der Waals surface area (Å²) in [7, 11) is 0. The van der Waals surface area contributed by atoms with Crippen molar-refractivity contribution in [2.45, 2.75) is 19.0 Å². The standard InChI is InChI=1S/C10H8O4/c1-10-9(11)12-8(14-10)6-4-2-3-5-7(6)13-10/h2-5,8H,1H3/t8-,10-/m0/s1. The number of ether oxygens (including phenoxy) is 3. The predicted molar refractivity (Wildman–Crippen MR) is 45.4 cm³/mol. The molecule has 2 heterocycles. The minimum absolute atomic E-state index is 0.473. The van der Waals surface area contributed by atoms with E-state index in [0.717, 1.165) is 5.56 Å². The minimum atomic E-state index is -1.26. The topological polar surface area (TPSA) is 44.8 Å². The lowest BCUT2D eigenvalue weighted by Crippen LogP contribution is -2.40. The first-order chi connectivity index (χ1) is 6.69. The quantitative estimate of drug-likeness (QED) is 0.582. The van der Waals surface area contributed by atoms with E-state index in [1.54, 1.807) is 13.0 Å². The highest BCUT2D eigenvalue weighted by Crippen LogP contribution is 2.44. The summed E-state index contributed by atoms with van der Waals surface area (Å²) in [6.45, 7) is 1.56. The molecule has 0 radical (unpaired) electrons. The summed E-state index contributed by atoms with van der Waals surface area (Å²) in [5, 5.41) is 0. The second-order valence-corrected chi connectivity index (χ2v) is 3.44. The lowest BCUT2D eigenvalue weighted by atomic mass is 10.1. The second-order valence-electron chi connectivity index (χ2n) is 3.44. The molecule has 1 saturated heterocycles. The van der Waals surface area contributed by atoms with Crippen LogP contribution in [-0.2, 0) is 14.3 Å². The van der Waals surface area contributed by atoms with E-state index in [0.29, 0.717) is 5.75 Å². The van der Waals surface area contributed by atoms with Crippen LogP contribution in [0.4, 0.5) is 0 Å². The van der Waals surface area contributed by atoms with Gasteiger partial charge in [-0.1, -0.05) is 12.1 Å². The Morgan fingerprint density at radius 3 is 3.00 bits per heavy atom. The van der Waals surface area contributed by atoms with Crippen molar-refractivity contribution in [2.75, 3.05) is 0 Å². The van der Waals surface area contributed by atoms with Gasteiger partial charge in [-0.25, -0.2) is 4.79 Å². The molecule has 0 N–H and O–H groups in total. The average molecular weight is 192 g/mol. The fourth-order valence-corrected chi connectivity index (χ4v) is 1.65. The number of benzene rings is 1. The van der Waals surface area contributed by atoms with Gasteiger partial charge in [-0.05, 0) is 12.1 Å². The van der Waals surface area contributed by atoms with Gasteiger partial charge in [0.05, 0.1) is 5.56 Å². The number of rotatable bonds is 0. The number of esters is 1. The molecule has 1 aromatic carbocycles. The number of carbonyl (C=O) groups is 1. The van der Waals surface area contributed by atoms with Crippen molar-refractivity contribution in [2.24, 2.45) is 0 Å². The Hall–Kier alpha value is -1.55. The maximum absolute atomic E-state index is 11.4.